The molecule has 1 aliphatic carbocycles. The van der Waals surface area contributed by atoms with Crippen molar-refractivity contribution in [3.05, 3.63) is 29.3 Å². The Morgan fingerprint density at radius 1 is 1.40 bits per heavy atom. The minimum atomic E-state index is -0.671. The van der Waals surface area contributed by atoms with E-state index in [1.54, 1.807) is 12.1 Å². The van der Waals surface area contributed by atoms with Gasteiger partial charge >= 0.3 is 0 Å². The molecule has 0 atom stereocenters. The van der Waals surface area contributed by atoms with Gasteiger partial charge in [0.05, 0.1) is 12.1 Å². The van der Waals surface area contributed by atoms with E-state index in [-0.39, 0.29) is 18.3 Å². The number of hydrogen-bond acceptors (Lipinski definition) is 3. The minimum Gasteiger partial charge on any atom is -0.492 e. The van der Waals surface area contributed by atoms with Crippen LogP contribution in [0.4, 0.5) is 0 Å². The Hall–Kier alpha value is -0.970. The number of nitrogens with one attached hydrogen (secondary N) is 1. The lowest BCUT2D eigenvalue weighted by Crippen LogP contribution is -2.52. The Morgan fingerprint density at radius 3 is 2.75 bits per heavy atom. The molecular formula is C14H20Cl2N2O2. The number of hydrogen-bond donors (Lipinski definition) is 2. The van der Waals surface area contributed by atoms with Crippen LogP contribution in [0.3, 0.4) is 0 Å². The molecule has 1 amide bonds. The maximum atomic E-state index is 11.9. The van der Waals surface area contributed by atoms with E-state index in [1.165, 1.54) is 0 Å². The van der Waals surface area contributed by atoms with Gasteiger partial charge in [-0.1, -0.05) is 30.5 Å². The van der Waals surface area contributed by atoms with E-state index < -0.39 is 5.54 Å². The van der Waals surface area contributed by atoms with Crippen molar-refractivity contribution >= 4 is 29.9 Å². The van der Waals surface area contributed by atoms with Gasteiger partial charge in [-0.25, -0.2) is 0 Å². The number of carbonyl (C=O) groups excluding carboxylic acids is 1. The van der Waals surface area contributed by atoms with Crippen LogP contribution in [0, 0.1) is 0 Å². The Labute approximate surface area is 130 Å². The highest BCUT2D eigenvalue weighted by atomic mass is 35.5. The van der Waals surface area contributed by atoms with Crippen LogP contribution in [0.5, 0.6) is 5.75 Å². The van der Waals surface area contributed by atoms with Crippen molar-refractivity contribution in [1.82, 2.24) is 5.32 Å². The number of ether oxygens (including phenoxy) is 1. The maximum Gasteiger partial charge on any atom is 0.240 e. The zero-order chi connectivity index (χ0) is 13.7. The highest BCUT2D eigenvalue weighted by Gasteiger charge is 2.36. The first kappa shape index (κ1) is 17.1. The number of rotatable bonds is 5. The van der Waals surface area contributed by atoms with Gasteiger partial charge in [-0.15, -0.1) is 12.4 Å². The molecule has 0 spiro atoms. The first-order chi connectivity index (χ1) is 9.10. The molecule has 20 heavy (non-hydrogen) atoms. The normalized spacial score (nSPS) is 16.3. The van der Waals surface area contributed by atoms with E-state index in [0.717, 1.165) is 25.7 Å². The molecule has 1 aromatic carbocycles. The minimum absolute atomic E-state index is 0. The second kappa shape index (κ2) is 7.72. The molecular weight excluding hydrogens is 299 g/mol. The molecule has 0 saturated heterocycles. The van der Waals surface area contributed by atoms with Crippen LogP contribution in [0.25, 0.3) is 0 Å². The lowest BCUT2D eigenvalue weighted by Gasteiger charge is -2.22. The summed E-state index contributed by atoms with van der Waals surface area (Å²) in [6.07, 6.45) is 3.60. The third-order valence-electron chi connectivity index (χ3n) is 3.40. The number of nitrogens with two attached hydrogens (primary N) is 1. The summed E-state index contributed by atoms with van der Waals surface area (Å²) >= 11 is 5.85. The summed E-state index contributed by atoms with van der Waals surface area (Å²) in [4.78, 5) is 11.9. The molecule has 4 nitrogen and oxygen atoms in total. The van der Waals surface area contributed by atoms with E-state index >= 15 is 0 Å². The monoisotopic (exact) mass is 318 g/mol. The highest BCUT2D eigenvalue weighted by Crippen LogP contribution is 2.27. The fourth-order valence-corrected chi connectivity index (χ4v) is 2.48. The molecule has 0 aromatic heterocycles. The van der Waals surface area contributed by atoms with E-state index in [0.29, 0.717) is 23.9 Å². The molecule has 6 heteroatoms. The summed E-state index contributed by atoms with van der Waals surface area (Å²) in [5.74, 6) is 0.629. The smallest absolute Gasteiger partial charge is 0.240 e. The number of carbonyl (C=O) groups is 1. The molecule has 0 unspecified atom stereocenters. The molecule has 3 N–H and O–H groups in total. The Bertz CT molecular complexity index is 449. The van der Waals surface area contributed by atoms with Crippen LogP contribution in [0.15, 0.2) is 24.3 Å². The zero-order valence-electron chi connectivity index (χ0n) is 11.2. The van der Waals surface area contributed by atoms with Gasteiger partial charge < -0.3 is 15.8 Å². The summed E-state index contributed by atoms with van der Waals surface area (Å²) < 4.78 is 5.49. The van der Waals surface area contributed by atoms with Crippen molar-refractivity contribution < 1.29 is 9.53 Å². The fourth-order valence-electron chi connectivity index (χ4n) is 2.30. The van der Waals surface area contributed by atoms with Gasteiger partial charge in [0.25, 0.3) is 0 Å². The van der Waals surface area contributed by atoms with Crippen molar-refractivity contribution in [2.24, 2.45) is 5.73 Å². The fraction of sp³-hybridized carbons (Fsp3) is 0.500. The molecule has 0 radical (unpaired) electrons. The second-order valence-electron chi connectivity index (χ2n) is 4.92. The summed E-state index contributed by atoms with van der Waals surface area (Å²) in [5, 5.41) is 3.46. The van der Waals surface area contributed by atoms with Gasteiger partial charge in [0.1, 0.15) is 12.4 Å². The third-order valence-corrected chi connectivity index (χ3v) is 3.64. The maximum absolute atomic E-state index is 11.9. The molecule has 1 aromatic rings. The Kier molecular flexibility index (Phi) is 6.59. The van der Waals surface area contributed by atoms with Crippen molar-refractivity contribution in [3.8, 4) is 5.75 Å². The van der Waals surface area contributed by atoms with E-state index in [2.05, 4.69) is 5.32 Å². The standard InChI is InChI=1S/C14H19ClN2O2.ClH/c15-11-4-3-5-12(10-11)19-9-8-17-13(18)14(16)6-1-2-7-14;/h3-5,10H,1-2,6-9,16H2,(H,17,18);1H. The van der Waals surface area contributed by atoms with Crippen LogP contribution >= 0.6 is 24.0 Å². The average molecular weight is 319 g/mol. The summed E-state index contributed by atoms with van der Waals surface area (Å²) in [6, 6.07) is 7.18. The predicted octanol–water partition coefficient (Wildman–Crippen LogP) is 2.53. The van der Waals surface area contributed by atoms with Gasteiger partial charge in [-0.3, -0.25) is 4.79 Å². The second-order valence-corrected chi connectivity index (χ2v) is 5.36. The van der Waals surface area contributed by atoms with Gasteiger partial charge in [0.2, 0.25) is 5.91 Å². The van der Waals surface area contributed by atoms with E-state index in [4.69, 9.17) is 22.1 Å². The highest BCUT2D eigenvalue weighted by molar-refractivity contribution is 6.30. The van der Waals surface area contributed by atoms with E-state index in [1.807, 2.05) is 12.1 Å². The van der Waals surface area contributed by atoms with Crippen molar-refractivity contribution in [2.75, 3.05) is 13.2 Å². The van der Waals surface area contributed by atoms with Crippen LogP contribution in [0.2, 0.25) is 5.02 Å². The first-order valence-electron chi connectivity index (χ1n) is 6.56. The van der Waals surface area contributed by atoms with Gasteiger partial charge in [-0.2, -0.15) is 0 Å². The lowest BCUT2D eigenvalue weighted by molar-refractivity contribution is -0.126. The van der Waals surface area contributed by atoms with Crippen LogP contribution < -0.4 is 15.8 Å². The molecule has 1 aliphatic rings. The number of amides is 1. The van der Waals surface area contributed by atoms with Crippen molar-refractivity contribution in [3.63, 3.8) is 0 Å². The Balaban J connectivity index is 0.00000200. The van der Waals surface area contributed by atoms with Crippen LogP contribution in [-0.4, -0.2) is 24.6 Å². The zero-order valence-corrected chi connectivity index (χ0v) is 12.8. The average Bonchev–Trinajstić information content (AvgIpc) is 2.83. The predicted molar refractivity (Wildman–Crippen MR) is 82.6 cm³/mol. The summed E-state index contributed by atoms with van der Waals surface area (Å²) in [7, 11) is 0. The number of halogens is 2. The van der Waals surface area contributed by atoms with Crippen LogP contribution in [-0.2, 0) is 4.79 Å². The summed E-state index contributed by atoms with van der Waals surface area (Å²) in [5.41, 5.74) is 5.37. The SMILES string of the molecule is Cl.NC1(C(=O)NCCOc2cccc(Cl)c2)CCCC1. The first-order valence-corrected chi connectivity index (χ1v) is 6.93. The molecule has 0 heterocycles. The van der Waals surface area contributed by atoms with Crippen molar-refractivity contribution in [1.29, 1.82) is 0 Å². The molecule has 0 aliphatic heterocycles. The Morgan fingerprint density at radius 2 is 2.10 bits per heavy atom. The van der Waals surface area contributed by atoms with Gasteiger partial charge in [-0.05, 0) is 31.0 Å². The van der Waals surface area contributed by atoms with Gasteiger partial charge in [0, 0.05) is 5.02 Å². The van der Waals surface area contributed by atoms with Crippen LogP contribution in [0.1, 0.15) is 25.7 Å². The molecule has 1 fully saturated rings. The lowest BCUT2D eigenvalue weighted by atomic mass is 9.98. The molecule has 0 bridgehead atoms. The van der Waals surface area contributed by atoms with Crippen molar-refractivity contribution in [2.45, 2.75) is 31.2 Å². The van der Waals surface area contributed by atoms with Gasteiger partial charge in [0.15, 0.2) is 0 Å². The molecule has 112 valence electrons. The molecule has 1 saturated carbocycles. The topological polar surface area (TPSA) is 64.4 Å². The third kappa shape index (κ3) is 4.54. The molecule has 2 rings (SSSR count). The summed E-state index contributed by atoms with van der Waals surface area (Å²) in [6.45, 7) is 0.854. The quantitative estimate of drug-likeness (QED) is 0.820. The van der Waals surface area contributed by atoms with E-state index in [9.17, 15) is 4.79 Å². The largest absolute Gasteiger partial charge is 0.492 e. The number of benzene rings is 1.